The van der Waals surface area contributed by atoms with E-state index in [1.165, 1.54) is 12.0 Å². The van der Waals surface area contributed by atoms with Crippen LogP contribution < -0.4 is 4.74 Å². The van der Waals surface area contributed by atoms with Crippen LogP contribution in [-0.2, 0) is 32.1 Å². The number of amides is 1. The smallest absolute Gasteiger partial charge is 0.326 e. The molecule has 1 amide bonds. The number of hydrogen-bond acceptors (Lipinski definition) is 6. The number of aromatic nitrogens is 1. The maximum atomic E-state index is 14.3. The lowest BCUT2D eigenvalue weighted by atomic mass is 9.73. The molecule has 5 rings (SSSR count). The Kier molecular flexibility index (Phi) is 9.23. The predicted octanol–water partition coefficient (Wildman–Crippen LogP) is 6.07. The lowest BCUT2D eigenvalue weighted by Gasteiger charge is -2.35. The zero-order valence-corrected chi connectivity index (χ0v) is 25.7. The number of aryl methyl sites for hydroxylation is 1. The van der Waals surface area contributed by atoms with E-state index < -0.39 is 41.6 Å². The van der Waals surface area contributed by atoms with Crippen LogP contribution in [0.15, 0.2) is 36.5 Å². The Morgan fingerprint density at radius 2 is 1.86 bits per heavy atom. The summed E-state index contributed by atoms with van der Waals surface area (Å²) in [7, 11) is 1.60. The second-order valence-electron chi connectivity index (χ2n) is 13.1. The third kappa shape index (κ3) is 5.93. The highest BCUT2D eigenvalue weighted by Crippen LogP contribution is 2.51. The van der Waals surface area contributed by atoms with Gasteiger partial charge in [-0.25, -0.2) is 9.78 Å². The summed E-state index contributed by atoms with van der Waals surface area (Å²) in [5.74, 6) is -0.751. The van der Waals surface area contributed by atoms with Crippen molar-refractivity contribution in [2.75, 3.05) is 13.7 Å². The number of likely N-dealkylation sites (tertiary alicyclic amines) is 1. The Bertz CT molecular complexity index is 1260. The molecule has 3 heterocycles. The number of methoxy groups -OCH3 is 1. The molecule has 1 aliphatic carbocycles. The van der Waals surface area contributed by atoms with E-state index in [4.69, 9.17) is 14.2 Å². The SMILES string of the molecule is CCc1ccccc1[C@H]1[C@@H](OCc2cc(C3CCC3)cnc2OC)[C@H](C(C)(C)C)[C@@H](C(=O)O)N1C(=O)[C@@H]1CCCCO1. The quantitative estimate of drug-likeness (QED) is 0.385. The number of carbonyl (C=O) groups excluding carboxylic acids is 1. The van der Waals surface area contributed by atoms with E-state index in [9.17, 15) is 14.7 Å². The molecule has 42 heavy (non-hydrogen) atoms. The second kappa shape index (κ2) is 12.7. The minimum Gasteiger partial charge on any atom is -0.481 e. The number of rotatable bonds is 9. The minimum atomic E-state index is -1.07. The van der Waals surface area contributed by atoms with Crippen molar-refractivity contribution in [2.24, 2.45) is 11.3 Å². The Balaban J connectivity index is 1.60. The van der Waals surface area contributed by atoms with Crippen LogP contribution in [0.1, 0.15) is 100 Å². The molecule has 8 heteroatoms. The molecule has 5 atom stereocenters. The Labute approximate surface area is 249 Å². The number of pyridine rings is 1. The van der Waals surface area contributed by atoms with Crippen molar-refractivity contribution in [1.29, 1.82) is 0 Å². The lowest BCUT2D eigenvalue weighted by Crippen LogP contribution is -2.51. The van der Waals surface area contributed by atoms with E-state index in [0.29, 0.717) is 24.8 Å². The second-order valence-corrected chi connectivity index (χ2v) is 13.1. The topological polar surface area (TPSA) is 98.2 Å². The Morgan fingerprint density at radius 1 is 1.10 bits per heavy atom. The van der Waals surface area contributed by atoms with Gasteiger partial charge in [0.25, 0.3) is 5.91 Å². The fourth-order valence-electron chi connectivity index (χ4n) is 7.12. The largest absolute Gasteiger partial charge is 0.481 e. The highest BCUT2D eigenvalue weighted by molar-refractivity contribution is 5.88. The first kappa shape index (κ1) is 30.5. The van der Waals surface area contributed by atoms with Crippen LogP contribution >= 0.6 is 0 Å². The number of hydrogen-bond donors (Lipinski definition) is 1. The van der Waals surface area contributed by atoms with Crippen molar-refractivity contribution in [3.8, 4) is 5.88 Å². The van der Waals surface area contributed by atoms with Crippen molar-refractivity contribution in [2.45, 2.75) is 109 Å². The first-order valence-corrected chi connectivity index (χ1v) is 15.5. The van der Waals surface area contributed by atoms with Gasteiger partial charge in [0.05, 0.1) is 25.9 Å². The van der Waals surface area contributed by atoms with E-state index >= 15 is 0 Å². The fourth-order valence-corrected chi connectivity index (χ4v) is 7.12. The molecule has 3 fully saturated rings. The van der Waals surface area contributed by atoms with Crippen molar-refractivity contribution in [3.05, 3.63) is 58.8 Å². The molecular weight excluding hydrogens is 532 g/mol. The monoisotopic (exact) mass is 578 g/mol. The van der Waals surface area contributed by atoms with E-state index in [2.05, 4.69) is 24.0 Å². The number of benzene rings is 1. The number of nitrogens with zero attached hydrogens (tertiary/aromatic N) is 2. The molecular formula is C34H46N2O6. The van der Waals surface area contributed by atoms with Crippen LogP contribution in [0.5, 0.6) is 5.88 Å². The highest BCUT2D eigenvalue weighted by Gasteiger charge is 2.59. The van der Waals surface area contributed by atoms with Gasteiger partial charge in [-0.1, -0.05) is 58.4 Å². The average Bonchev–Trinajstić information content (AvgIpc) is 3.31. The molecule has 1 N–H and O–H groups in total. The summed E-state index contributed by atoms with van der Waals surface area (Å²) >= 11 is 0. The predicted molar refractivity (Wildman–Crippen MR) is 159 cm³/mol. The maximum absolute atomic E-state index is 14.3. The zero-order chi connectivity index (χ0) is 30.0. The normalized spacial score (nSPS) is 26.6. The third-order valence-corrected chi connectivity index (χ3v) is 9.47. The molecule has 1 aromatic carbocycles. The van der Waals surface area contributed by atoms with Gasteiger partial charge in [-0.3, -0.25) is 4.79 Å². The molecule has 2 saturated heterocycles. The molecule has 2 aromatic rings. The summed E-state index contributed by atoms with van der Waals surface area (Å²) in [4.78, 5) is 33.6. The van der Waals surface area contributed by atoms with Crippen molar-refractivity contribution >= 4 is 11.9 Å². The van der Waals surface area contributed by atoms with Crippen molar-refractivity contribution in [1.82, 2.24) is 9.88 Å². The summed E-state index contributed by atoms with van der Waals surface area (Å²) in [6.45, 7) is 8.90. The van der Waals surface area contributed by atoms with Gasteiger partial charge >= 0.3 is 5.97 Å². The number of carboxylic acids is 1. The molecule has 1 aromatic heterocycles. The molecule has 1 saturated carbocycles. The number of carbonyl (C=O) groups is 2. The van der Waals surface area contributed by atoms with E-state index in [0.717, 1.165) is 48.8 Å². The number of ether oxygens (including phenoxy) is 3. The van der Waals surface area contributed by atoms with E-state index in [-0.39, 0.29) is 12.5 Å². The first-order chi connectivity index (χ1) is 20.2. The third-order valence-electron chi connectivity index (χ3n) is 9.47. The summed E-state index contributed by atoms with van der Waals surface area (Å²) in [5.41, 5.74) is 3.54. The number of aliphatic carboxylic acids is 1. The average molecular weight is 579 g/mol. The fraction of sp³-hybridized carbons (Fsp3) is 0.618. The van der Waals surface area contributed by atoms with Gasteiger partial charge in [0.2, 0.25) is 5.88 Å². The van der Waals surface area contributed by atoms with Crippen LogP contribution in [0.2, 0.25) is 0 Å². The van der Waals surface area contributed by atoms with Gasteiger partial charge in [0.1, 0.15) is 12.1 Å². The molecule has 2 aliphatic heterocycles. The highest BCUT2D eigenvalue weighted by atomic mass is 16.5. The molecule has 0 bridgehead atoms. The van der Waals surface area contributed by atoms with Gasteiger partial charge in [-0.05, 0) is 72.6 Å². The zero-order valence-electron chi connectivity index (χ0n) is 25.7. The summed E-state index contributed by atoms with van der Waals surface area (Å²) in [6.07, 6.45) is 7.31. The minimum absolute atomic E-state index is 0.201. The molecule has 228 valence electrons. The van der Waals surface area contributed by atoms with Gasteiger partial charge < -0.3 is 24.2 Å². The number of carboxylic acid groups (broad SMARTS) is 1. The van der Waals surface area contributed by atoms with E-state index in [1.807, 2.05) is 45.2 Å². The molecule has 0 unspecified atom stereocenters. The van der Waals surface area contributed by atoms with Crippen LogP contribution in [0.3, 0.4) is 0 Å². The van der Waals surface area contributed by atoms with E-state index in [1.54, 1.807) is 12.0 Å². The van der Waals surface area contributed by atoms with Gasteiger partial charge in [-0.2, -0.15) is 0 Å². The van der Waals surface area contributed by atoms with Crippen LogP contribution in [0, 0.1) is 11.3 Å². The molecule has 3 aliphatic rings. The summed E-state index contributed by atoms with van der Waals surface area (Å²) < 4.78 is 18.4. The van der Waals surface area contributed by atoms with Gasteiger partial charge in [-0.15, -0.1) is 0 Å². The van der Waals surface area contributed by atoms with Crippen LogP contribution in [0.4, 0.5) is 0 Å². The molecule has 0 spiro atoms. The van der Waals surface area contributed by atoms with Gasteiger partial charge in [0, 0.05) is 24.3 Å². The van der Waals surface area contributed by atoms with Crippen molar-refractivity contribution in [3.63, 3.8) is 0 Å². The van der Waals surface area contributed by atoms with Crippen LogP contribution in [-0.4, -0.2) is 58.8 Å². The Morgan fingerprint density at radius 3 is 2.45 bits per heavy atom. The maximum Gasteiger partial charge on any atom is 0.326 e. The Hall–Kier alpha value is -2.97. The summed E-state index contributed by atoms with van der Waals surface area (Å²) in [5, 5.41) is 10.8. The molecule has 8 nitrogen and oxygen atoms in total. The standard InChI is InChI=1S/C34H46N2O6/c1-6-21-12-7-8-15-25(21)28-30(42-20-24-18-23(22-13-11-14-22)19-35-31(24)40-5)27(34(2,3)4)29(33(38)39)36(28)32(37)26-16-9-10-17-41-26/h7-8,12,15,18-19,22,26-30H,6,9-11,13-14,16-17,20H2,1-5H3,(H,38,39)/t26-,27+,28-,29-,30-/m0/s1. The summed E-state index contributed by atoms with van der Waals surface area (Å²) in [6, 6.07) is 8.50. The van der Waals surface area contributed by atoms with Gasteiger partial charge in [0.15, 0.2) is 0 Å². The lowest BCUT2D eigenvalue weighted by molar-refractivity contribution is -0.159. The van der Waals surface area contributed by atoms with Crippen molar-refractivity contribution < 1.29 is 28.9 Å². The first-order valence-electron chi connectivity index (χ1n) is 15.5. The molecule has 0 radical (unpaired) electrons. The van der Waals surface area contributed by atoms with Crippen LogP contribution in [0.25, 0.3) is 0 Å².